The number of anilines is 1. The third-order valence-corrected chi connectivity index (χ3v) is 7.40. The zero-order valence-corrected chi connectivity index (χ0v) is 20.6. The summed E-state index contributed by atoms with van der Waals surface area (Å²) in [5.41, 5.74) is 4.17. The minimum atomic E-state index is -3.56. The Kier molecular flexibility index (Phi) is 7.79. The van der Waals surface area contributed by atoms with Crippen LogP contribution in [0.2, 0.25) is 0 Å². The average molecular weight is 473 g/mol. The van der Waals surface area contributed by atoms with E-state index in [1.54, 1.807) is 12.1 Å². The van der Waals surface area contributed by atoms with Gasteiger partial charge in [0.2, 0.25) is 15.8 Å². The van der Waals surface area contributed by atoms with Gasteiger partial charge >= 0.3 is 5.97 Å². The summed E-state index contributed by atoms with van der Waals surface area (Å²) in [7, 11) is -2.19. The van der Waals surface area contributed by atoms with Crippen molar-refractivity contribution in [1.29, 1.82) is 0 Å². The van der Waals surface area contributed by atoms with Gasteiger partial charge in [-0.15, -0.1) is 0 Å². The minimum absolute atomic E-state index is 0.0875. The van der Waals surface area contributed by atoms with E-state index in [9.17, 15) is 18.0 Å². The van der Waals surface area contributed by atoms with Crippen LogP contribution in [0.3, 0.4) is 0 Å². The van der Waals surface area contributed by atoms with Crippen LogP contribution in [-0.2, 0) is 21.3 Å². The number of Topliss-reactive ketones (excluding diaryl/α,β-unsaturated/α-hetero) is 1. The summed E-state index contributed by atoms with van der Waals surface area (Å²) in [6, 6.07) is 8.10. The highest BCUT2D eigenvalue weighted by atomic mass is 32.2. The summed E-state index contributed by atoms with van der Waals surface area (Å²) in [6.45, 7) is 4.29. The topological polar surface area (TPSA) is 85.7 Å². The van der Waals surface area contributed by atoms with E-state index in [0.717, 1.165) is 47.8 Å². The van der Waals surface area contributed by atoms with Crippen molar-refractivity contribution in [3.8, 4) is 0 Å². The lowest BCUT2D eigenvalue weighted by molar-refractivity contribution is 0.0475. The van der Waals surface area contributed by atoms with Gasteiger partial charge in [0.1, 0.15) is 0 Å². The highest BCUT2D eigenvalue weighted by Crippen LogP contribution is 2.24. The summed E-state index contributed by atoms with van der Waals surface area (Å²) in [4.78, 5) is 25.5. The number of benzene rings is 1. The second kappa shape index (κ2) is 10.4. The Bertz CT molecular complexity index is 1180. The molecule has 0 saturated carbocycles. The second-order valence-electron chi connectivity index (χ2n) is 8.54. The SMILES string of the molecule is Cc1cc(C(=O)COC(=O)c2ccccc2N(C)S(C)(=O)=O)c(C)n1CCC1=CCCCC1. The fraction of sp³-hybridized carbons (Fsp3) is 0.440. The maximum atomic E-state index is 12.8. The number of allylic oxidation sites excluding steroid dienone is 2. The Morgan fingerprint density at radius 3 is 2.52 bits per heavy atom. The number of para-hydroxylation sites is 1. The summed E-state index contributed by atoms with van der Waals surface area (Å²) in [5, 5.41) is 0. The molecule has 1 aliphatic carbocycles. The van der Waals surface area contributed by atoms with Crippen molar-refractivity contribution < 1.29 is 22.7 Å². The molecule has 0 spiro atoms. The van der Waals surface area contributed by atoms with Gasteiger partial charge in [-0.3, -0.25) is 9.10 Å². The number of hydrogen-bond donors (Lipinski definition) is 0. The Balaban J connectivity index is 1.68. The zero-order chi connectivity index (χ0) is 24.2. The molecule has 0 bridgehead atoms. The van der Waals surface area contributed by atoms with Crippen molar-refractivity contribution >= 4 is 27.5 Å². The number of esters is 1. The number of aryl methyl sites for hydroxylation is 1. The largest absolute Gasteiger partial charge is 0.454 e. The number of aromatic nitrogens is 1. The molecule has 0 atom stereocenters. The first-order valence-corrected chi connectivity index (χ1v) is 13.0. The van der Waals surface area contributed by atoms with E-state index in [1.165, 1.54) is 37.6 Å². The molecule has 0 saturated heterocycles. The predicted molar refractivity (Wildman–Crippen MR) is 129 cm³/mol. The van der Waals surface area contributed by atoms with E-state index in [2.05, 4.69) is 10.6 Å². The minimum Gasteiger partial charge on any atom is -0.454 e. The number of carbonyl (C=O) groups is 2. The zero-order valence-electron chi connectivity index (χ0n) is 19.8. The number of nitrogens with zero attached hydrogens (tertiary/aromatic N) is 2. The summed E-state index contributed by atoms with van der Waals surface area (Å²) in [5.74, 6) is -1.03. The van der Waals surface area contributed by atoms with Crippen molar-refractivity contribution in [3.63, 3.8) is 0 Å². The first-order chi connectivity index (χ1) is 15.6. The Morgan fingerprint density at radius 2 is 1.85 bits per heavy atom. The molecule has 1 aromatic heterocycles. The van der Waals surface area contributed by atoms with Crippen LogP contribution in [0.5, 0.6) is 0 Å². The molecular formula is C25H32N2O5S. The molecule has 3 rings (SSSR count). The number of ether oxygens (including phenoxy) is 1. The molecule has 0 fully saturated rings. The fourth-order valence-corrected chi connectivity index (χ4v) is 4.72. The molecule has 2 aromatic rings. The number of carbonyl (C=O) groups excluding carboxylic acids is 2. The van der Waals surface area contributed by atoms with Crippen molar-refractivity contribution in [2.24, 2.45) is 0 Å². The Hall–Kier alpha value is -2.87. The van der Waals surface area contributed by atoms with Crippen LogP contribution in [0.25, 0.3) is 0 Å². The maximum Gasteiger partial charge on any atom is 0.340 e. The van der Waals surface area contributed by atoms with E-state index in [4.69, 9.17) is 4.74 Å². The number of hydrogen-bond acceptors (Lipinski definition) is 5. The molecule has 33 heavy (non-hydrogen) atoms. The van der Waals surface area contributed by atoms with Crippen LogP contribution in [-0.4, -0.2) is 44.6 Å². The second-order valence-corrected chi connectivity index (χ2v) is 10.6. The van der Waals surface area contributed by atoms with Crippen molar-refractivity contribution in [3.05, 3.63) is 64.5 Å². The van der Waals surface area contributed by atoms with E-state index in [0.29, 0.717) is 5.56 Å². The van der Waals surface area contributed by atoms with Crippen LogP contribution in [0.15, 0.2) is 42.0 Å². The van der Waals surface area contributed by atoms with Crippen LogP contribution < -0.4 is 4.31 Å². The molecule has 0 unspecified atom stereocenters. The maximum absolute atomic E-state index is 12.8. The van der Waals surface area contributed by atoms with Gasteiger partial charge in [-0.25, -0.2) is 13.2 Å². The van der Waals surface area contributed by atoms with Gasteiger partial charge in [-0.2, -0.15) is 0 Å². The standard InChI is InChI=1S/C25H32N2O5S/c1-18-16-22(19(2)27(18)15-14-20-10-6-5-7-11-20)24(28)17-32-25(29)21-12-8-9-13-23(21)26(3)33(4,30)31/h8-10,12-13,16H,5-7,11,14-15,17H2,1-4H3. The molecule has 0 aliphatic heterocycles. The molecule has 0 radical (unpaired) electrons. The number of sulfonamides is 1. The molecule has 8 heteroatoms. The normalized spacial score (nSPS) is 14.0. The third kappa shape index (κ3) is 5.93. The van der Waals surface area contributed by atoms with E-state index < -0.39 is 22.6 Å². The Labute approximate surface area is 196 Å². The molecule has 1 aromatic carbocycles. The monoisotopic (exact) mass is 472 g/mol. The summed E-state index contributed by atoms with van der Waals surface area (Å²) < 4.78 is 32.2. The van der Waals surface area contributed by atoms with Gasteiger partial charge in [0.15, 0.2) is 6.61 Å². The first kappa shape index (κ1) is 24.8. The Morgan fingerprint density at radius 1 is 1.12 bits per heavy atom. The predicted octanol–water partition coefficient (Wildman–Crippen LogP) is 4.43. The number of rotatable bonds is 9. The highest BCUT2D eigenvalue weighted by molar-refractivity contribution is 7.92. The lowest BCUT2D eigenvalue weighted by atomic mass is 9.97. The third-order valence-electron chi connectivity index (χ3n) is 6.21. The van der Waals surface area contributed by atoms with Crippen LogP contribution >= 0.6 is 0 Å². The van der Waals surface area contributed by atoms with E-state index in [-0.39, 0.29) is 17.0 Å². The molecule has 1 aliphatic rings. The van der Waals surface area contributed by atoms with Gasteiger partial charge in [-0.1, -0.05) is 23.8 Å². The van der Waals surface area contributed by atoms with Gasteiger partial charge in [0, 0.05) is 30.5 Å². The lowest BCUT2D eigenvalue weighted by Gasteiger charge is -2.19. The van der Waals surface area contributed by atoms with E-state index >= 15 is 0 Å². The van der Waals surface area contributed by atoms with Gasteiger partial charge in [-0.05, 0) is 64.2 Å². The molecule has 178 valence electrons. The van der Waals surface area contributed by atoms with Crippen LogP contribution in [0.4, 0.5) is 5.69 Å². The molecule has 0 amide bonds. The molecule has 1 heterocycles. The van der Waals surface area contributed by atoms with Gasteiger partial charge < -0.3 is 9.30 Å². The summed E-state index contributed by atoms with van der Waals surface area (Å²) in [6.07, 6.45) is 9.17. The van der Waals surface area contributed by atoms with Crippen LogP contribution in [0, 0.1) is 13.8 Å². The van der Waals surface area contributed by atoms with Gasteiger partial charge in [0.05, 0.1) is 17.5 Å². The highest BCUT2D eigenvalue weighted by Gasteiger charge is 2.22. The summed E-state index contributed by atoms with van der Waals surface area (Å²) >= 11 is 0. The lowest BCUT2D eigenvalue weighted by Crippen LogP contribution is -2.27. The first-order valence-electron chi connectivity index (χ1n) is 11.2. The van der Waals surface area contributed by atoms with Crippen molar-refractivity contribution in [2.75, 3.05) is 24.2 Å². The van der Waals surface area contributed by atoms with Crippen molar-refractivity contribution in [2.45, 2.75) is 52.5 Å². The van der Waals surface area contributed by atoms with Crippen LogP contribution in [0.1, 0.15) is 64.2 Å². The van der Waals surface area contributed by atoms with E-state index in [1.807, 2.05) is 19.9 Å². The number of ketones is 1. The molecular weight excluding hydrogens is 440 g/mol. The van der Waals surface area contributed by atoms with Crippen molar-refractivity contribution in [1.82, 2.24) is 4.57 Å². The quantitative estimate of drug-likeness (QED) is 0.306. The molecule has 0 N–H and O–H groups in total. The fourth-order valence-electron chi connectivity index (χ4n) is 4.20. The molecule has 7 nitrogen and oxygen atoms in total. The smallest absolute Gasteiger partial charge is 0.340 e. The van der Waals surface area contributed by atoms with Gasteiger partial charge in [0.25, 0.3) is 0 Å². The average Bonchev–Trinajstić information content (AvgIpc) is 3.08.